The molecule has 0 aliphatic carbocycles. The van der Waals surface area contributed by atoms with E-state index in [1.54, 1.807) is 18.2 Å². The molecule has 0 saturated carbocycles. The van der Waals surface area contributed by atoms with Gasteiger partial charge in [0.2, 0.25) is 5.76 Å². The van der Waals surface area contributed by atoms with Gasteiger partial charge in [-0.3, -0.25) is 9.59 Å². The van der Waals surface area contributed by atoms with Crippen LogP contribution in [0.1, 0.15) is 34.8 Å². The lowest BCUT2D eigenvalue weighted by atomic mass is 10.1. The van der Waals surface area contributed by atoms with Crippen molar-refractivity contribution in [3.63, 3.8) is 0 Å². The summed E-state index contributed by atoms with van der Waals surface area (Å²) in [5.74, 6) is -0.797. The average molecular weight is 384 g/mol. The van der Waals surface area contributed by atoms with Crippen LogP contribution in [0.25, 0.3) is 11.3 Å². The van der Waals surface area contributed by atoms with E-state index in [0.717, 1.165) is 5.56 Å². The number of hydrogen-bond donors (Lipinski definition) is 2. The van der Waals surface area contributed by atoms with Gasteiger partial charge in [0.05, 0.1) is 11.3 Å². The SMILES string of the molecule is CC(C)NC(=O)c1ccc(Cl)cc1NC(=O)c1cc(-c2ccccc2)no1. The number of halogens is 1. The molecule has 0 fully saturated rings. The summed E-state index contributed by atoms with van der Waals surface area (Å²) in [4.78, 5) is 24.9. The van der Waals surface area contributed by atoms with Gasteiger partial charge >= 0.3 is 0 Å². The molecule has 2 aromatic carbocycles. The van der Waals surface area contributed by atoms with Crippen molar-refractivity contribution in [2.45, 2.75) is 19.9 Å². The van der Waals surface area contributed by atoms with Gasteiger partial charge in [-0.2, -0.15) is 0 Å². The molecule has 0 unspecified atom stereocenters. The second-order valence-electron chi connectivity index (χ2n) is 6.21. The molecule has 0 spiro atoms. The minimum atomic E-state index is -0.523. The molecule has 1 aromatic heterocycles. The largest absolute Gasteiger partial charge is 0.350 e. The molecule has 0 saturated heterocycles. The lowest BCUT2D eigenvalue weighted by Crippen LogP contribution is -2.31. The summed E-state index contributed by atoms with van der Waals surface area (Å²) >= 11 is 6.02. The van der Waals surface area contributed by atoms with Crippen LogP contribution in [-0.2, 0) is 0 Å². The molecule has 3 aromatic rings. The number of carbonyl (C=O) groups is 2. The summed E-state index contributed by atoms with van der Waals surface area (Å²) in [5, 5.41) is 9.78. The van der Waals surface area contributed by atoms with E-state index >= 15 is 0 Å². The van der Waals surface area contributed by atoms with Crippen molar-refractivity contribution in [1.29, 1.82) is 0 Å². The number of rotatable bonds is 5. The van der Waals surface area contributed by atoms with E-state index in [0.29, 0.717) is 22.0 Å². The molecule has 6 nitrogen and oxygen atoms in total. The van der Waals surface area contributed by atoms with Crippen molar-refractivity contribution in [2.75, 3.05) is 5.32 Å². The number of benzene rings is 2. The third kappa shape index (κ3) is 4.54. The molecule has 0 aliphatic rings. The summed E-state index contributed by atoms with van der Waals surface area (Å²) in [5.41, 5.74) is 1.98. The van der Waals surface area contributed by atoms with Crippen LogP contribution in [0.2, 0.25) is 5.02 Å². The average Bonchev–Trinajstić information content (AvgIpc) is 3.12. The second-order valence-corrected chi connectivity index (χ2v) is 6.65. The highest BCUT2D eigenvalue weighted by molar-refractivity contribution is 6.31. The third-order valence-corrected chi connectivity index (χ3v) is 3.93. The van der Waals surface area contributed by atoms with Crippen LogP contribution in [0.5, 0.6) is 0 Å². The molecular weight excluding hydrogens is 366 g/mol. The first kappa shape index (κ1) is 18.7. The standard InChI is InChI=1S/C20H18ClN3O3/c1-12(2)22-19(25)15-9-8-14(21)10-17(15)23-20(26)18-11-16(24-27-18)13-6-4-3-5-7-13/h3-12H,1-2H3,(H,22,25)(H,23,26). The molecule has 0 bridgehead atoms. The van der Waals surface area contributed by atoms with Crippen LogP contribution in [0, 0.1) is 0 Å². The van der Waals surface area contributed by atoms with Crippen LogP contribution in [0.15, 0.2) is 59.1 Å². The van der Waals surface area contributed by atoms with E-state index in [1.807, 2.05) is 44.2 Å². The Kier molecular flexibility index (Phi) is 5.57. The molecule has 0 radical (unpaired) electrons. The Morgan fingerprint density at radius 2 is 1.78 bits per heavy atom. The fourth-order valence-electron chi connectivity index (χ4n) is 2.47. The number of nitrogens with one attached hydrogen (secondary N) is 2. The maximum Gasteiger partial charge on any atom is 0.294 e. The van der Waals surface area contributed by atoms with Gasteiger partial charge in [0.25, 0.3) is 11.8 Å². The van der Waals surface area contributed by atoms with E-state index in [4.69, 9.17) is 16.1 Å². The van der Waals surface area contributed by atoms with E-state index in [2.05, 4.69) is 15.8 Å². The minimum absolute atomic E-state index is 0.0315. The second kappa shape index (κ2) is 8.05. The van der Waals surface area contributed by atoms with Gasteiger partial charge in [0.15, 0.2) is 0 Å². The maximum absolute atomic E-state index is 12.5. The Hall–Kier alpha value is -3.12. The molecular formula is C20H18ClN3O3. The maximum atomic E-state index is 12.5. The van der Waals surface area contributed by atoms with Crippen LogP contribution >= 0.6 is 11.6 Å². The van der Waals surface area contributed by atoms with Crippen LogP contribution in [0.3, 0.4) is 0 Å². The smallest absolute Gasteiger partial charge is 0.294 e. The first-order valence-electron chi connectivity index (χ1n) is 8.38. The predicted molar refractivity (Wildman–Crippen MR) is 104 cm³/mol. The van der Waals surface area contributed by atoms with Gasteiger partial charge in [0, 0.05) is 22.7 Å². The summed E-state index contributed by atoms with van der Waals surface area (Å²) in [6, 6.07) is 15.5. The number of aromatic nitrogens is 1. The Morgan fingerprint density at radius 3 is 2.48 bits per heavy atom. The van der Waals surface area contributed by atoms with Gasteiger partial charge in [-0.15, -0.1) is 0 Å². The van der Waals surface area contributed by atoms with Gasteiger partial charge in [-0.25, -0.2) is 0 Å². The Morgan fingerprint density at radius 1 is 1.04 bits per heavy atom. The summed E-state index contributed by atoms with van der Waals surface area (Å²) in [6.07, 6.45) is 0. The zero-order valence-electron chi connectivity index (χ0n) is 14.8. The fraction of sp³-hybridized carbons (Fsp3) is 0.150. The highest BCUT2D eigenvalue weighted by atomic mass is 35.5. The topological polar surface area (TPSA) is 84.2 Å². The number of nitrogens with zero attached hydrogens (tertiary/aromatic N) is 1. The third-order valence-electron chi connectivity index (χ3n) is 3.70. The predicted octanol–water partition coefficient (Wildman–Crippen LogP) is 4.39. The van der Waals surface area contributed by atoms with Gasteiger partial charge in [-0.05, 0) is 32.0 Å². The zero-order chi connectivity index (χ0) is 19.4. The Bertz CT molecular complexity index is 968. The Labute approximate surface area is 161 Å². The molecule has 138 valence electrons. The molecule has 27 heavy (non-hydrogen) atoms. The van der Waals surface area contributed by atoms with Crippen molar-refractivity contribution in [3.8, 4) is 11.3 Å². The first-order valence-corrected chi connectivity index (χ1v) is 8.75. The lowest BCUT2D eigenvalue weighted by Gasteiger charge is -2.13. The molecule has 3 rings (SSSR count). The highest BCUT2D eigenvalue weighted by Gasteiger charge is 2.19. The van der Waals surface area contributed by atoms with E-state index < -0.39 is 5.91 Å². The van der Waals surface area contributed by atoms with Crippen LogP contribution in [-0.4, -0.2) is 23.0 Å². The molecule has 0 atom stereocenters. The van der Waals surface area contributed by atoms with Crippen LogP contribution < -0.4 is 10.6 Å². The number of anilines is 1. The van der Waals surface area contributed by atoms with E-state index in [9.17, 15) is 9.59 Å². The van der Waals surface area contributed by atoms with Crippen molar-refractivity contribution >= 4 is 29.1 Å². The molecule has 2 N–H and O–H groups in total. The van der Waals surface area contributed by atoms with Gasteiger partial charge < -0.3 is 15.2 Å². The first-order chi connectivity index (χ1) is 12.9. The highest BCUT2D eigenvalue weighted by Crippen LogP contribution is 2.23. The number of amides is 2. The van der Waals surface area contributed by atoms with Crippen molar-refractivity contribution in [2.24, 2.45) is 0 Å². The summed E-state index contributed by atoms with van der Waals surface area (Å²) in [6.45, 7) is 3.71. The summed E-state index contributed by atoms with van der Waals surface area (Å²) in [7, 11) is 0. The van der Waals surface area contributed by atoms with Crippen molar-refractivity contribution < 1.29 is 14.1 Å². The van der Waals surface area contributed by atoms with E-state index in [1.165, 1.54) is 6.07 Å². The fourth-order valence-corrected chi connectivity index (χ4v) is 2.64. The monoisotopic (exact) mass is 383 g/mol. The zero-order valence-corrected chi connectivity index (χ0v) is 15.6. The van der Waals surface area contributed by atoms with Gasteiger partial charge in [-0.1, -0.05) is 47.1 Å². The molecule has 0 aliphatic heterocycles. The minimum Gasteiger partial charge on any atom is -0.350 e. The quantitative estimate of drug-likeness (QED) is 0.684. The normalized spacial score (nSPS) is 10.7. The summed E-state index contributed by atoms with van der Waals surface area (Å²) < 4.78 is 5.15. The van der Waals surface area contributed by atoms with Crippen LogP contribution in [0.4, 0.5) is 5.69 Å². The molecule has 7 heteroatoms. The molecule has 2 amide bonds. The Balaban J connectivity index is 1.83. The molecule has 1 heterocycles. The van der Waals surface area contributed by atoms with E-state index in [-0.39, 0.29) is 17.7 Å². The van der Waals surface area contributed by atoms with Gasteiger partial charge in [0.1, 0.15) is 5.69 Å². The number of carbonyl (C=O) groups excluding carboxylic acids is 2. The lowest BCUT2D eigenvalue weighted by molar-refractivity contribution is 0.0944. The van der Waals surface area contributed by atoms with Crippen molar-refractivity contribution in [3.05, 3.63) is 70.9 Å². The number of hydrogen-bond acceptors (Lipinski definition) is 4. The van der Waals surface area contributed by atoms with Crippen molar-refractivity contribution in [1.82, 2.24) is 10.5 Å².